The van der Waals surface area contributed by atoms with Crippen LogP contribution in [0.2, 0.25) is 0 Å². The number of amides is 2. The lowest BCUT2D eigenvalue weighted by Gasteiger charge is -2.27. The molecular formula is C10H19N3O. The second-order valence-electron chi connectivity index (χ2n) is 4.27. The Morgan fingerprint density at radius 2 is 2.07 bits per heavy atom. The van der Waals surface area contributed by atoms with Gasteiger partial charge in [-0.3, -0.25) is 4.90 Å². The largest absolute Gasteiger partial charge is 0.336 e. The number of urea groups is 1. The molecule has 2 aliphatic rings. The SMILES string of the molecule is CC(CN1CCNC1=O)N1CCCC1. The molecule has 0 aliphatic carbocycles. The maximum Gasteiger partial charge on any atom is 0.317 e. The van der Waals surface area contributed by atoms with Gasteiger partial charge in [-0.05, 0) is 32.9 Å². The molecule has 1 unspecified atom stereocenters. The molecular weight excluding hydrogens is 178 g/mol. The number of nitrogens with one attached hydrogen (secondary N) is 1. The Morgan fingerprint density at radius 3 is 2.64 bits per heavy atom. The van der Waals surface area contributed by atoms with Gasteiger partial charge in [0, 0.05) is 25.7 Å². The molecule has 1 atom stereocenters. The van der Waals surface area contributed by atoms with Crippen LogP contribution in [-0.4, -0.2) is 54.6 Å². The Bertz CT molecular complexity index is 213. The van der Waals surface area contributed by atoms with Crippen LogP contribution in [0.1, 0.15) is 19.8 Å². The molecule has 80 valence electrons. The number of carbonyl (C=O) groups is 1. The van der Waals surface area contributed by atoms with E-state index in [1.165, 1.54) is 25.9 Å². The van der Waals surface area contributed by atoms with E-state index in [0.717, 1.165) is 19.6 Å². The summed E-state index contributed by atoms with van der Waals surface area (Å²) in [5, 5.41) is 2.83. The number of likely N-dealkylation sites (tertiary alicyclic amines) is 1. The van der Waals surface area contributed by atoms with Crippen LogP contribution in [0.5, 0.6) is 0 Å². The van der Waals surface area contributed by atoms with Crippen molar-refractivity contribution in [1.29, 1.82) is 0 Å². The fourth-order valence-corrected chi connectivity index (χ4v) is 2.30. The second kappa shape index (κ2) is 4.17. The highest BCUT2D eigenvalue weighted by Gasteiger charge is 2.25. The first kappa shape index (κ1) is 9.77. The number of nitrogens with zero attached hydrogens (tertiary/aromatic N) is 2. The molecule has 2 saturated heterocycles. The van der Waals surface area contributed by atoms with Crippen LogP contribution in [0.25, 0.3) is 0 Å². The van der Waals surface area contributed by atoms with Crippen molar-refractivity contribution in [1.82, 2.24) is 15.1 Å². The van der Waals surface area contributed by atoms with Gasteiger partial charge in [0.2, 0.25) is 0 Å². The van der Waals surface area contributed by atoms with Gasteiger partial charge >= 0.3 is 6.03 Å². The maximum absolute atomic E-state index is 11.3. The lowest BCUT2D eigenvalue weighted by Crippen LogP contribution is -2.42. The Morgan fingerprint density at radius 1 is 1.36 bits per heavy atom. The van der Waals surface area contributed by atoms with E-state index in [9.17, 15) is 4.79 Å². The lowest BCUT2D eigenvalue weighted by molar-refractivity contribution is 0.183. The minimum atomic E-state index is 0.107. The summed E-state index contributed by atoms with van der Waals surface area (Å²) >= 11 is 0. The molecule has 2 aliphatic heterocycles. The average Bonchev–Trinajstić information content (AvgIpc) is 2.77. The van der Waals surface area contributed by atoms with Gasteiger partial charge in [0.1, 0.15) is 0 Å². The third-order valence-electron chi connectivity index (χ3n) is 3.19. The van der Waals surface area contributed by atoms with Crippen molar-refractivity contribution in [2.24, 2.45) is 0 Å². The van der Waals surface area contributed by atoms with Gasteiger partial charge < -0.3 is 10.2 Å². The predicted molar refractivity (Wildman–Crippen MR) is 55.2 cm³/mol. The van der Waals surface area contributed by atoms with Gasteiger partial charge in [-0.25, -0.2) is 4.79 Å². The fraction of sp³-hybridized carbons (Fsp3) is 0.900. The first-order valence-electron chi connectivity index (χ1n) is 5.54. The molecule has 4 nitrogen and oxygen atoms in total. The molecule has 0 aromatic rings. The van der Waals surface area contributed by atoms with Crippen molar-refractivity contribution in [2.75, 3.05) is 32.7 Å². The molecule has 0 bridgehead atoms. The molecule has 1 N–H and O–H groups in total. The van der Waals surface area contributed by atoms with E-state index in [1.54, 1.807) is 0 Å². The average molecular weight is 197 g/mol. The molecule has 0 radical (unpaired) electrons. The summed E-state index contributed by atoms with van der Waals surface area (Å²) in [6.45, 7) is 7.19. The number of rotatable bonds is 3. The molecule has 0 aromatic carbocycles. The van der Waals surface area contributed by atoms with Crippen LogP contribution >= 0.6 is 0 Å². The highest BCUT2D eigenvalue weighted by Crippen LogP contribution is 2.12. The first-order valence-corrected chi connectivity index (χ1v) is 5.54. The Balaban J connectivity index is 1.80. The van der Waals surface area contributed by atoms with Crippen molar-refractivity contribution >= 4 is 6.03 Å². The minimum Gasteiger partial charge on any atom is -0.336 e. The van der Waals surface area contributed by atoms with Crippen molar-refractivity contribution < 1.29 is 4.79 Å². The summed E-state index contributed by atoms with van der Waals surface area (Å²) < 4.78 is 0. The Labute approximate surface area is 85.2 Å². The molecule has 2 amide bonds. The molecule has 0 spiro atoms. The summed E-state index contributed by atoms with van der Waals surface area (Å²) in [7, 11) is 0. The van der Waals surface area contributed by atoms with Gasteiger partial charge in [-0.1, -0.05) is 0 Å². The van der Waals surface area contributed by atoms with Gasteiger partial charge in [0.15, 0.2) is 0 Å². The van der Waals surface area contributed by atoms with E-state index in [-0.39, 0.29) is 6.03 Å². The molecule has 2 heterocycles. The van der Waals surface area contributed by atoms with Crippen molar-refractivity contribution in [2.45, 2.75) is 25.8 Å². The standard InChI is InChI=1S/C10H19N3O/c1-9(12-5-2-3-6-12)8-13-7-4-11-10(13)14/h9H,2-8H2,1H3,(H,11,14). The van der Waals surface area contributed by atoms with Crippen LogP contribution in [0.4, 0.5) is 4.79 Å². The topological polar surface area (TPSA) is 35.6 Å². The molecule has 0 saturated carbocycles. The monoisotopic (exact) mass is 197 g/mol. The zero-order valence-electron chi connectivity index (χ0n) is 8.83. The minimum absolute atomic E-state index is 0.107. The van der Waals surface area contributed by atoms with Crippen LogP contribution in [0.15, 0.2) is 0 Å². The van der Waals surface area contributed by atoms with Crippen molar-refractivity contribution in [3.05, 3.63) is 0 Å². The normalized spacial score (nSPS) is 25.5. The highest BCUT2D eigenvalue weighted by molar-refractivity contribution is 5.76. The Hall–Kier alpha value is -0.770. The molecule has 0 aromatic heterocycles. The molecule has 14 heavy (non-hydrogen) atoms. The number of hydrogen-bond donors (Lipinski definition) is 1. The fourth-order valence-electron chi connectivity index (χ4n) is 2.30. The summed E-state index contributed by atoms with van der Waals surface area (Å²) in [5.74, 6) is 0. The maximum atomic E-state index is 11.3. The van der Waals surface area contributed by atoms with E-state index in [1.807, 2.05) is 4.90 Å². The molecule has 2 fully saturated rings. The molecule has 4 heteroatoms. The van der Waals surface area contributed by atoms with E-state index in [0.29, 0.717) is 6.04 Å². The van der Waals surface area contributed by atoms with Gasteiger partial charge in [-0.2, -0.15) is 0 Å². The van der Waals surface area contributed by atoms with E-state index < -0.39 is 0 Å². The van der Waals surface area contributed by atoms with Crippen LogP contribution in [-0.2, 0) is 0 Å². The van der Waals surface area contributed by atoms with Crippen LogP contribution < -0.4 is 5.32 Å². The van der Waals surface area contributed by atoms with Crippen molar-refractivity contribution in [3.8, 4) is 0 Å². The van der Waals surface area contributed by atoms with Gasteiger partial charge in [0.05, 0.1) is 0 Å². The smallest absolute Gasteiger partial charge is 0.317 e. The van der Waals surface area contributed by atoms with Gasteiger partial charge in [0.25, 0.3) is 0 Å². The van der Waals surface area contributed by atoms with E-state index >= 15 is 0 Å². The molecule has 2 rings (SSSR count). The zero-order valence-corrected chi connectivity index (χ0v) is 8.83. The highest BCUT2D eigenvalue weighted by atomic mass is 16.2. The number of carbonyl (C=O) groups excluding carboxylic acids is 1. The summed E-state index contributed by atoms with van der Waals surface area (Å²) in [6, 6.07) is 0.623. The summed E-state index contributed by atoms with van der Waals surface area (Å²) in [6.07, 6.45) is 2.63. The van der Waals surface area contributed by atoms with Crippen LogP contribution in [0, 0.1) is 0 Å². The van der Waals surface area contributed by atoms with Crippen LogP contribution in [0.3, 0.4) is 0 Å². The van der Waals surface area contributed by atoms with E-state index in [4.69, 9.17) is 0 Å². The zero-order chi connectivity index (χ0) is 9.97. The predicted octanol–water partition coefficient (Wildman–Crippen LogP) is 0.496. The third-order valence-corrected chi connectivity index (χ3v) is 3.19. The van der Waals surface area contributed by atoms with E-state index in [2.05, 4.69) is 17.1 Å². The summed E-state index contributed by atoms with van der Waals surface area (Å²) in [4.78, 5) is 15.7. The third kappa shape index (κ3) is 2.00. The number of hydrogen-bond acceptors (Lipinski definition) is 2. The Kier molecular flexibility index (Phi) is 2.91. The first-order chi connectivity index (χ1) is 6.77. The summed E-state index contributed by atoms with van der Waals surface area (Å²) in [5.41, 5.74) is 0. The lowest BCUT2D eigenvalue weighted by atomic mass is 10.3. The quantitative estimate of drug-likeness (QED) is 0.715. The van der Waals surface area contributed by atoms with Gasteiger partial charge in [-0.15, -0.1) is 0 Å². The van der Waals surface area contributed by atoms with Crippen molar-refractivity contribution in [3.63, 3.8) is 0 Å². The second-order valence-corrected chi connectivity index (χ2v) is 4.27.